The van der Waals surface area contributed by atoms with Crippen LogP contribution in [0.3, 0.4) is 0 Å². The largest absolute Gasteiger partial charge is 0.322 e. The number of aryl methyl sites for hydroxylation is 2. The zero-order valence-corrected chi connectivity index (χ0v) is 17.3. The molecule has 3 nitrogen and oxygen atoms in total. The molecule has 4 heteroatoms. The van der Waals surface area contributed by atoms with E-state index >= 15 is 0 Å². The fourth-order valence-electron chi connectivity index (χ4n) is 2.66. The lowest BCUT2D eigenvalue weighted by Crippen LogP contribution is -2.13. The van der Waals surface area contributed by atoms with Crippen LogP contribution in [0.25, 0.3) is 10.2 Å². The average molecular weight is 377 g/mol. The Morgan fingerprint density at radius 1 is 1.19 bits per heavy atom. The van der Waals surface area contributed by atoms with Crippen LogP contribution >= 0.6 is 11.3 Å². The molecule has 0 saturated heterocycles. The first-order valence-electron chi connectivity index (χ1n) is 9.10. The Hall–Kier alpha value is -2.64. The molecule has 27 heavy (non-hydrogen) atoms. The molecular formula is C23H24N2OS. The second-order valence-corrected chi connectivity index (χ2v) is 8.74. The summed E-state index contributed by atoms with van der Waals surface area (Å²) in [5, 5.41) is 4.09. The highest BCUT2D eigenvalue weighted by Crippen LogP contribution is 2.25. The second-order valence-electron chi connectivity index (χ2n) is 7.63. The minimum absolute atomic E-state index is 0.0457. The number of carbonyl (C=O) groups is 1. The van der Waals surface area contributed by atoms with Crippen LogP contribution in [-0.4, -0.2) is 10.9 Å². The Kier molecular flexibility index (Phi) is 5.34. The van der Waals surface area contributed by atoms with Crippen molar-refractivity contribution in [1.82, 2.24) is 4.98 Å². The molecule has 1 amide bonds. The van der Waals surface area contributed by atoms with Gasteiger partial charge in [-0.25, -0.2) is 4.98 Å². The lowest BCUT2D eigenvalue weighted by molar-refractivity contribution is 0.102. The molecule has 1 N–H and O–H groups in total. The third-order valence-corrected chi connectivity index (χ3v) is 5.23. The number of thiazole rings is 1. The minimum Gasteiger partial charge on any atom is -0.322 e. The molecule has 0 bridgehead atoms. The number of anilines is 1. The topological polar surface area (TPSA) is 42.0 Å². The summed E-state index contributed by atoms with van der Waals surface area (Å²) in [6.07, 6.45) is 0.921. The van der Waals surface area contributed by atoms with Crippen molar-refractivity contribution < 1.29 is 4.79 Å². The lowest BCUT2D eigenvalue weighted by Gasteiger charge is -2.09. The maximum absolute atomic E-state index is 12.7. The number of aromatic nitrogens is 1. The quantitative estimate of drug-likeness (QED) is 0.586. The van der Waals surface area contributed by atoms with E-state index in [1.165, 1.54) is 0 Å². The Labute approximate surface area is 164 Å². The molecule has 0 saturated carbocycles. The van der Waals surface area contributed by atoms with Gasteiger partial charge in [-0.2, -0.15) is 0 Å². The molecule has 0 aliphatic rings. The van der Waals surface area contributed by atoms with Gasteiger partial charge in [0.1, 0.15) is 0 Å². The van der Waals surface area contributed by atoms with Gasteiger partial charge in [-0.3, -0.25) is 4.79 Å². The van der Waals surface area contributed by atoms with Crippen LogP contribution in [0.2, 0.25) is 0 Å². The molecule has 3 rings (SSSR count). The number of amides is 1. The van der Waals surface area contributed by atoms with Crippen LogP contribution in [0.15, 0.2) is 36.4 Å². The summed E-state index contributed by atoms with van der Waals surface area (Å²) in [6, 6.07) is 11.6. The van der Waals surface area contributed by atoms with E-state index in [-0.39, 0.29) is 11.3 Å². The summed E-state index contributed by atoms with van der Waals surface area (Å²) < 4.78 is 1.14. The van der Waals surface area contributed by atoms with Gasteiger partial charge in [0.25, 0.3) is 5.91 Å². The maximum atomic E-state index is 12.7. The van der Waals surface area contributed by atoms with E-state index in [1.54, 1.807) is 11.3 Å². The second kappa shape index (κ2) is 7.54. The van der Waals surface area contributed by atoms with E-state index in [9.17, 15) is 4.79 Å². The van der Waals surface area contributed by atoms with Crippen molar-refractivity contribution in [3.63, 3.8) is 0 Å². The zero-order valence-electron chi connectivity index (χ0n) is 16.4. The number of carbonyl (C=O) groups excluding carboxylic acids is 1. The van der Waals surface area contributed by atoms with Gasteiger partial charge < -0.3 is 5.32 Å². The molecule has 138 valence electrons. The van der Waals surface area contributed by atoms with Gasteiger partial charge >= 0.3 is 0 Å². The predicted octanol–water partition coefficient (Wildman–Crippen LogP) is 5.82. The van der Waals surface area contributed by atoms with Crippen LogP contribution in [0.4, 0.5) is 5.69 Å². The van der Waals surface area contributed by atoms with E-state index in [4.69, 9.17) is 0 Å². The summed E-state index contributed by atoms with van der Waals surface area (Å²) in [5.74, 6) is 6.28. The highest BCUT2D eigenvalue weighted by atomic mass is 32.1. The summed E-state index contributed by atoms with van der Waals surface area (Å²) in [5.41, 5.74) is 4.14. The molecule has 0 aliphatic carbocycles. The summed E-state index contributed by atoms with van der Waals surface area (Å²) in [6.45, 7) is 10.3. The first-order chi connectivity index (χ1) is 12.7. The summed E-state index contributed by atoms with van der Waals surface area (Å²) in [4.78, 5) is 17.3. The fourth-order valence-corrected chi connectivity index (χ4v) is 3.55. The number of fused-ring (bicyclic) bond motifs is 1. The first kappa shape index (κ1) is 19.1. The van der Waals surface area contributed by atoms with Gasteiger partial charge in [0, 0.05) is 22.2 Å². The van der Waals surface area contributed by atoms with Crippen molar-refractivity contribution in [2.24, 2.45) is 5.41 Å². The number of nitrogens with zero attached hydrogens (tertiary/aromatic N) is 1. The number of nitrogens with one attached hydrogen (secondary N) is 1. The first-order valence-corrected chi connectivity index (χ1v) is 9.91. The SMILES string of the molecule is CCc1nc2cc(NC(=O)c3ccc(C#CC(C)(C)C)cc3C)ccc2s1. The summed E-state index contributed by atoms with van der Waals surface area (Å²) >= 11 is 1.69. The molecule has 0 aliphatic heterocycles. The Bertz CT molecular complexity index is 1060. The average Bonchev–Trinajstić information content (AvgIpc) is 3.01. The van der Waals surface area contributed by atoms with Crippen molar-refractivity contribution in [1.29, 1.82) is 0 Å². The van der Waals surface area contributed by atoms with Gasteiger partial charge in [0.05, 0.1) is 15.2 Å². The van der Waals surface area contributed by atoms with E-state index in [1.807, 2.05) is 43.3 Å². The van der Waals surface area contributed by atoms with Crippen molar-refractivity contribution in [3.8, 4) is 11.8 Å². The smallest absolute Gasteiger partial charge is 0.255 e. The van der Waals surface area contributed by atoms with Gasteiger partial charge in [-0.15, -0.1) is 11.3 Å². The molecular weight excluding hydrogens is 352 g/mol. The van der Waals surface area contributed by atoms with Crippen molar-refractivity contribution in [3.05, 3.63) is 58.1 Å². The molecule has 0 atom stereocenters. The van der Waals surface area contributed by atoms with Gasteiger partial charge in [-0.05, 0) is 76.1 Å². The highest BCUT2D eigenvalue weighted by molar-refractivity contribution is 7.18. The molecule has 0 spiro atoms. The zero-order chi connectivity index (χ0) is 19.6. The van der Waals surface area contributed by atoms with Crippen LogP contribution < -0.4 is 5.32 Å². The predicted molar refractivity (Wildman–Crippen MR) is 114 cm³/mol. The Balaban J connectivity index is 1.80. The third kappa shape index (κ3) is 4.75. The molecule has 3 aromatic rings. The van der Waals surface area contributed by atoms with Gasteiger partial charge in [0.2, 0.25) is 0 Å². The number of rotatable bonds is 3. The molecule has 1 aromatic heterocycles. The molecule has 0 fully saturated rings. The monoisotopic (exact) mass is 376 g/mol. The van der Waals surface area contributed by atoms with E-state index in [0.29, 0.717) is 5.56 Å². The minimum atomic E-state index is -0.117. The lowest BCUT2D eigenvalue weighted by atomic mass is 9.97. The Morgan fingerprint density at radius 2 is 1.96 bits per heavy atom. The van der Waals surface area contributed by atoms with Crippen molar-refractivity contribution in [2.75, 3.05) is 5.32 Å². The van der Waals surface area contributed by atoms with Crippen LogP contribution in [0.5, 0.6) is 0 Å². The van der Waals surface area contributed by atoms with E-state index in [0.717, 1.165) is 38.5 Å². The fraction of sp³-hybridized carbons (Fsp3) is 0.304. The van der Waals surface area contributed by atoms with Crippen molar-refractivity contribution in [2.45, 2.75) is 41.0 Å². The molecule has 1 heterocycles. The number of benzene rings is 2. The summed E-state index contributed by atoms with van der Waals surface area (Å²) in [7, 11) is 0. The molecule has 0 radical (unpaired) electrons. The van der Waals surface area contributed by atoms with E-state index in [2.05, 4.69) is 49.8 Å². The third-order valence-electron chi connectivity index (χ3n) is 4.05. The van der Waals surface area contributed by atoms with E-state index < -0.39 is 0 Å². The molecule has 0 unspecified atom stereocenters. The van der Waals surface area contributed by atoms with Gasteiger partial charge in [-0.1, -0.05) is 18.8 Å². The van der Waals surface area contributed by atoms with Crippen LogP contribution in [0.1, 0.15) is 54.2 Å². The standard InChI is InChI=1S/C23H24N2OS/c1-6-21-25-19-14-17(8-10-20(19)27-21)24-22(26)18-9-7-16(13-15(18)2)11-12-23(3,4)5/h7-10,13-14H,6H2,1-5H3,(H,24,26). The maximum Gasteiger partial charge on any atom is 0.255 e. The van der Waals surface area contributed by atoms with Crippen LogP contribution in [0, 0.1) is 24.2 Å². The highest BCUT2D eigenvalue weighted by Gasteiger charge is 2.11. The number of hydrogen-bond acceptors (Lipinski definition) is 3. The number of hydrogen-bond donors (Lipinski definition) is 1. The van der Waals surface area contributed by atoms with Crippen LogP contribution in [-0.2, 0) is 6.42 Å². The van der Waals surface area contributed by atoms with Gasteiger partial charge in [0.15, 0.2) is 0 Å². The normalized spacial score (nSPS) is 11.1. The molecule has 2 aromatic carbocycles. The Morgan fingerprint density at radius 3 is 2.63 bits per heavy atom. The van der Waals surface area contributed by atoms with Crippen molar-refractivity contribution >= 4 is 33.1 Å².